The molecule has 0 aliphatic carbocycles. The van der Waals surface area contributed by atoms with Crippen LogP contribution in [-0.2, 0) is 6.42 Å². The van der Waals surface area contributed by atoms with Gasteiger partial charge in [0.05, 0.1) is 6.04 Å². The molecule has 3 rings (SSSR count). The van der Waals surface area contributed by atoms with Crippen molar-refractivity contribution in [1.82, 2.24) is 0 Å². The zero-order valence-corrected chi connectivity index (χ0v) is 11.3. The van der Waals surface area contributed by atoms with Gasteiger partial charge in [-0.15, -0.1) is 0 Å². The summed E-state index contributed by atoms with van der Waals surface area (Å²) in [4.78, 5) is 2.48. The Morgan fingerprint density at radius 1 is 1.11 bits per heavy atom. The van der Waals surface area contributed by atoms with Crippen LogP contribution in [0.2, 0.25) is 0 Å². The standard InChI is InChI=1S/C17H20N2/c1-13(14-6-3-2-4-7-14)19-11-5-8-15-9-10-16(18)12-17(15)19/h2-4,6-7,9-10,12-13H,5,8,11,18H2,1H3. The minimum atomic E-state index is 0.391. The first-order chi connectivity index (χ1) is 9.25. The fraction of sp³-hybridized carbons (Fsp3) is 0.294. The number of rotatable bonds is 2. The van der Waals surface area contributed by atoms with Gasteiger partial charge in [-0.1, -0.05) is 36.4 Å². The lowest BCUT2D eigenvalue weighted by Gasteiger charge is -2.36. The maximum Gasteiger partial charge on any atom is 0.0514 e. The Morgan fingerprint density at radius 3 is 2.68 bits per heavy atom. The fourth-order valence-corrected chi connectivity index (χ4v) is 2.93. The van der Waals surface area contributed by atoms with E-state index in [4.69, 9.17) is 5.73 Å². The molecule has 0 saturated heterocycles. The largest absolute Gasteiger partial charge is 0.399 e. The highest BCUT2D eigenvalue weighted by molar-refractivity contribution is 5.63. The van der Waals surface area contributed by atoms with Crippen molar-refractivity contribution in [2.75, 3.05) is 17.2 Å². The predicted molar refractivity (Wildman–Crippen MR) is 81.4 cm³/mol. The van der Waals surface area contributed by atoms with Crippen molar-refractivity contribution >= 4 is 11.4 Å². The van der Waals surface area contributed by atoms with Crippen molar-refractivity contribution < 1.29 is 0 Å². The van der Waals surface area contributed by atoms with Gasteiger partial charge in [0, 0.05) is 17.9 Å². The summed E-state index contributed by atoms with van der Waals surface area (Å²) >= 11 is 0. The number of nitrogens with zero attached hydrogens (tertiary/aromatic N) is 1. The van der Waals surface area contributed by atoms with E-state index in [-0.39, 0.29) is 0 Å². The van der Waals surface area contributed by atoms with Crippen molar-refractivity contribution in [3.8, 4) is 0 Å². The fourth-order valence-electron chi connectivity index (χ4n) is 2.93. The van der Waals surface area contributed by atoms with Crippen molar-refractivity contribution in [3.05, 3.63) is 59.7 Å². The van der Waals surface area contributed by atoms with E-state index >= 15 is 0 Å². The second-order valence-corrected chi connectivity index (χ2v) is 5.27. The summed E-state index contributed by atoms with van der Waals surface area (Å²) in [7, 11) is 0. The molecule has 1 unspecified atom stereocenters. The molecule has 0 amide bonds. The van der Waals surface area contributed by atoms with Gasteiger partial charge >= 0.3 is 0 Å². The van der Waals surface area contributed by atoms with Gasteiger partial charge in [-0.2, -0.15) is 0 Å². The molecule has 2 aromatic rings. The van der Waals surface area contributed by atoms with Crippen LogP contribution in [0.1, 0.15) is 30.5 Å². The predicted octanol–water partition coefficient (Wildman–Crippen LogP) is 3.78. The van der Waals surface area contributed by atoms with Crippen LogP contribution in [0.5, 0.6) is 0 Å². The molecule has 2 aromatic carbocycles. The van der Waals surface area contributed by atoms with Gasteiger partial charge in [-0.25, -0.2) is 0 Å². The van der Waals surface area contributed by atoms with E-state index in [0.29, 0.717) is 6.04 Å². The number of anilines is 2. The van der Waals surface area contributed by atoms with E-state index in [1.807, 2.05) is 6.07 Å². The summed E-state index contributed by atoms with van der Waals surface area (Å²) < 4.78 is 0. The minimum absolute atomic E-state index is 0.391. The molecule has 1 atom stereocenters. The van der Waals surface area contributed by atoms with Crippen LogP contribution in [0, 0.1) is 0 Å². The summed E-state index contributed by atoms with van der Waals surface area (Å²) in [6.07, 6.45) is 2.38. The molecule has 0 radical (unpaired) electrons. The van der Waals surface area contributed by atoms with Gasteiger partial charge in [-0.3, -0.25) is 0 Å². The van der Waals surface area contributed by atoms with Crippen LogP contribution >= 0.6 is 0 Å². The average Bonchev–Trinajstić information content (AvgIpc) is 2.47. The van der Waals surface area contributed by atoms with Crippen molar-refractivity contribution in [3.63, 3.8) is 0 Å². The lowest BCUT2D eigenvalue weighted by atomic mass is 9.97. The van der Waals surface area contributed by atoms with Crippen LogP contribution in [0.3, 0.4) is 0 Å². The molecule has 0 saturated carbocycles. The normalized spacial score (nSPS) is 15.9. The molecule has 0 spiro atoms. The molecule has 0 fully saturated rings. The van der Waals surface area contributed by atoms with Gasteiger partial charge in [0.25, 0.3) is 0 Å². The quantitative estimate of drug-likeness (QED) is 0.824. The van der Waals surface area contributed by atoms with Gasteiger partial charge < -0.3 is 10.6 Å². The Kier molecular flexibility index (Phi) is 3.16. The number of nitrogens with two attached hydrogens (primary N) is 1. The molecule has 2 N–H and O–H groups in total. The minimum Gasteiger partial charge on any atom is -0.399 e. The first-order valence-corrected chi connectivity index (χ1v) is 6.96. The van der Waals surface area contributed by atoms with Crippen LogP contribution in [0.15, 0.2) is 48.5 Å². The van der Waals surface area contributed by atoms with Crippen LogP contribution in [-0.4, -0.2) is 6.54 Å². The number of benzene rings is 2. The number of hydrogen-bond donors (Lipinski definition) is 1. The van der Waals surface area contributed by atoms with E-state index in [2.05, 4.69) is 54.3 Å². The monoisotopic (exact) mass is 252 g/mol. The summed E-state index contributed by atoms with van der Waals surface area (Å²) in [5.74, 6) is 0. The third-order valence-electron chi connectivity index (χ3n) is 4.01. The molecule has 1 heterocycles. The third-order valence-corrected chi connectivity index (χ3v) is 4.01. The number of nitrogen functional groups attached to an aromatic ring is 1. The molecule has 1 aliphatic rings. The number of aryl methyl sites for hydroxylation is 1. The van der Waals surface area contributed by atoms with E-state index in [1.165, 1.54) is 23.2 Å². The second-order valence-electron chi connectivity index (χ2n) is 5.27. The van der Waals surface area contributed by atoms with E-state index < -0.39 is 0 Å². The zero-order valence-electron chi connectivity index (χ0n) is 11.3. The summed E-state index contributed by atoms with van der Waals surface area (Å²) in [5.41, 5.74) is 10.9. The Labute approximate surface area is 114 Å². The second kappa shape index (κ2) is 4.96. The highest BCUT2D eigenvalue weighted by atomic mass is 15.2. The Balaban J connectivity index is 1.97. The molecule has 0 aromatic heterocycles. The van der Waals surface area contributed by atoms with Crippen LogP contribution in [0.25, 0.3) is 0 Å². The third kappa shape index (κ3) is 2.30. The number of hydrogen-bond acceptors (Lipinski definition) is 2. The van der Waals surface area contributed by atoms with E-state index in [9.17, 15) is 0 Å². The van der Waals surface area contributed by atoms with Crippen LogP contribution < -0.4 is 10.6 Å². The SMILES string of the molecule is CC(c1ccccc1)N1CCCc2ccc(N)cc21. The van der Waals surface area contributed by atoms with Gasteiger partial charge in [0.1, 0.15) is 0 Å². The molecule has 1 aliphatic heterocycles. The Bertz CT molecular complexity index is 563. The molecular formula is C17H20N2. The van der Waals surface area contributed by atoms with Crippen molar-refractivity contribution in [1.29, 1.82) is 0 Å². The first-order valence-electron chi connectivity index (χ1n) is 6.96. The zero-order chi connectivity index (χ0) is 13.2. The van der Waals surface area contributed by atoms with Gasteiger partial charge in [-0.05, 0) is 43.0 Å². The van der Waals surface area contributed by atoms with Gasteiger partial charge in [0.15, 0.2) is 0 Å². The molecule has 2 heteroatoms. The van der Waals surface area contributed by atoms with E-state index in [1.54, 1.807) is 0 Å². The molecule has 0 bridgehead atoms. The summed E-state index contributed by atoms with van der Waals surface area (Å²) in [6, 6.07) is 17.4. The number of fused-ring (bicyclic) bond motifs is 1. The van der Waals surface area contributed by atoms with Crippen molar-refractivity contribution in [2.45, 2.75) is 25.8 Å². The summed E-state index contributed by atoms with van der Waals surface area (Å²) in [6.45, 7) is 3.38. The smallest absolute Gasteiger partial charge is 0.0514 e. The lowest BCUT2D eigenvalue weighted by Crippen LogP contribution is -2.32. The molecular weight excluding hydrogens is 232 g/mol. The maximum absolute atomic E-state index is 5.96. The molecule has 19 heavy (non-hydrogen) atoms. The molecule has 2 nitrogen and oxygen atoms in total. The maximum atomic E-state index is 5.96. The van der Waals surface area contributed by atoms with Crippen molar-refractivity contribution in [2.24, 2.45) is 0 Å². The Morgan fingerprint density at radius 2 is 1.89 bits per heavy atom. The molecule has 98 valence electrons. The topological polar surface area (TPSA) is 29.3 Å². The van der Waals surface area contributed by atoms with Gasteiger partial charge in [0.2, 0.25) is 0 Å². The van der Waals surface area contributed by atoms with Crippen LogP contribution in [0.4, 0.5) is 11.4 Å². The van der Waals surface area contributed by atoms with E-state index in [0.717, 1.165) is 18.7 Å². The first kappa shape index (κ1) is 12.1. The highest BCUT2D eigenvalue weighted by Crippen LogP contribution is 2.35. The lowest BCUT2D eigenvalue weighted by molar-refractivity contribution is 0.616. The highest BCUT2D eigenvalue weighted by Gasteiger charge is 2.22. The Hall–Kier alpha value is -1.96. The average molecular weight is 252 g/mol. The summed E-state index contributed by atoms with van der Waals surface area (Å²) in [5, 5.41) is 0.